The highest BCUT2D eigenvalue weighted by molar-refractivity contribution is 5.40. The van der Waals surface area contributed by atoms with E-state index in [-0.39, 0.29) is 5.57 Å². The monoisotopic (exact) mass is 146 g/mol. The Morgan fingerprint density at radius 1 is 1.40 bits per heavy atom. The molecule has 1 rings (SSSR count). The fourth-order valence-corrected chi connectivity index (χ4v) is 0.630. The summed E-state index contributed by atoms with van der Waals surface area (Å²) in [6.07, 6.45) is -0.636. The molecule has 1 unspecified atom stereocenters. The molecule has 0 aromatic rings. The van der Waals surface area contributed by atoms with Crippen LogP contribution in [0.3, 0.4) is 0 Å². The first kappa shape index (κ1) is 7.12. The van der Waals surface area contributed by atoms with Crippen LogP contribution in [0.15, 0.2) is 36.0 Å². The molecule has 3 heteroatoms. The Morgan fingerprint density at radius 2 is 2.00 bits per heavy atom. The van der Waals surface area contributed by atoms with Crippen LogP contribution >= 0.6 is 0 Å². The van der Waals surface area contributed by atoms with E-state index >= 15 is 0 Å². The van der Waals surface area contributed by atoms with Gasteiger partial charge in [-0.15, -0.1) is 0 Å². The Balaban J connectivity index is 2.92. The highest BCUT2D eigenvalue weighted by Gasteiger charge is 2.17. The topological polar surface area (TPSA) is 0 Å². The third kappa shape index (κ3) is 1.12. The predicted molar refractivity (Wildman–Crippen MR) is 32.4 cm³/mol. The Hall–Kier alpha value is -0.990. The molecular weight excluding hydrogens is 141 g/mol. The number of alkyl halides is 1. The van der Waals surface area contributed by atoms with Crippen molar-refractivity contribution in [3.63, 3.8) is 0 Å². The maximum atomic E-state index is 12.3. The molecule has 0 saturated heterocycles. The lowest BCUT2D eigenvalue weighted by molar-refractivity contribution is 0.372. The van der Waals surface area contributed by atoms with Crippen LogP contribution < -0.4 is 0 Å². The lowest BCUT2D eigenvalue weighted by Gasteiger charge is -2.07. The first-order valence-electron chi connectivity index (χ1n) is 2.69. The van der Waals surface area contributed by atoms with E-state index < -0.39 is 17.8 Å². The molecule has 1 aliphatic rings. The van der Waals surface area contributed by atoms with Crippen molar-refractivity contribution in [3.05, 3.63) is 36.0 Å². The second kappa shape index (κ2) is 2.33. The van der Waals surface area contributed by atoms with Crippen molar-refractivity contribution < 1.29 is 13.2 Å². The summed E-state index contributed by atoms with van der Waals surface area (Å²) in [6.45, 7) is 3.15. The van der Waals surface area contributed by atoms with Crippen LogP contribution in [0.4, 0.5) is 13.2 Å². The Bertz CT molecular complexity index is 225. The Kier molecular flexibility index (Phi) is 1.66. The predicted octanol–water partition coefficient (Wildman–Crippen LogP) is 2.60. The molecule has 0 aliphatic heterocycles. The molecule has 10 heavy (non-hydrogen) atoms. The standard InChI is InChI=1S/C7H5F3/c1-4-2-6(9)7(10)3-5(4)8/h2-3,7H,1H2. The zero-order valence-electron chi connectivity index (χ0n) is 5.07. The molecule has 0 aromatic carbocycles. The van der Waals surface area contributed by atoms with Crippen molar-refractivity contribution in [2.75, 3.05) is 0 Å². The van der Waals surface area contributed by atoms with Crippen LogP contribution in [0.25, 0.3) is 0 Å². The summed E-state index contributed by atoms with van der Waals surface area (Å²) in [5.41, 5.74) is -0.119. The van der Waals surface area contributed by atoms with Crippen LogP contribution in [0.5, 0.6) is 0 Å². The maximum absolute atomic E-state index is 12.3. The lowest BCUT2D eigenvalue weighted by Crippen LogP contribution is -2.02. The number of halogens is 3. The molecule has 0 radical (unpaired) electrons. The summed E-state index contributed by atoms with van der Waals surface area (Å²) in [5.74, 6) is -1.79. The minimum Gasteiger partial charge on any atom is -0.235 e. The number of rotatable bonds is 0. The zero-order chi connectivity index (χ0) is 7.72. The first-order valence-corrected chi connectivity index (χ1v) is 2.69. The molecule has 54 valence electrons. The summed E-state index contributed by atoms with van der Waals surface area (Å²) in [4.78, 5) is 0. The van der Waals surface area contributed by atoms with Crippen LogP contribution in [0.1, 0.15) is 0 Å². The lowest BCUT2D eigenvalue weighted by atomic mass is 10.1. The van der Waals surface area contributed by atoms with Crippen molar-refractivity contribution in [2.24, 2.45) is 0 Å². The molecule has 0 aromatic heterocycles. The maximum Gasteiger partial charge on any atom is 0.173 e. The van der Waals surface area contributed by atoms with Crippen LogP contribution in [-0.4, -0.2) is 6.17 Å². The summed E-state index contributed by atoms with van der Waals surface area (Å²) in [5, 5.41) is 0. The fraction of sp³-hybridized carbons (Fsp3) is 0.143. The van der Waals surface area contributed by atoms with Gasteiger partial charge in [-0.05, 0) is 12.2 Å². The van der Waals surface area contributed by atoms with Crippen molar-refractivity contribution in [3.8, 4) is 0 Å². The molecule has 0 amide bonds. The minimum absolute atomic E-state index is 0.119. The van der Waals surface area contributed by atoms with Crippen molar-refractivity contribution in [1.82, 2.24) is 0 Å². The normalized spacial score (nSPS) is 25.9. The minimum atomic E-state index is -1.94. The molecule has 0 fully saturated rings. The van der Waals surface area contributed by atoms with E-state index in [0.717, 1.165) is 6.08 Å². The van der Waals surface area contributed by atoms with Gasteiger partial charge in [0.25, 0.3) is 0 Å². The average Bonchev–Trinajstić information content (AvgIpc) is 1.84. The van der Waals surface area contributed by atoms with E-state index in [1.54, 1.807) is 0 Å². The summed E-state index contributed by atoms with van der Waals surface area (Å²) < 4.78 is 36.7. The second-order valence-electron chi connectivity index (χ2n) is 1.97. The average molecular weight is 146 g/mol. The van der Waals surface area contributed by atoms with Crippen molar-refractivity contribution in [2.45, 2.75) is 6.17 Å². The second-order valence-corrected chi connectivity index (χ2v) is 1.97. The number of hydrogen-bond donors (Lipinski definition) is 0. The van der Waals surface area contributed by atoms with Crippen LogP contribution in [0.2, 0.25) is 0 Å². The van der Waals surface area contributed by atoms with Crippen LogP contribution in [-0.2, 0) is 0 Å². The van der Waals surface area contributed by atoms with Gasteiger partial charge in [0.1, 0.15) is 11.7 Å². The van der Waals surface area contributed by atoms with E-state index in [9.17, 15) is 13.2 Å². The van der Waals surface area contributed by atoms with Gasteiger partial charge in [0.15, 0.2) is 6.17 Å². The van der Waals surface area contributed by atoms with Gasteiger partial charge < -0.3 is 0 Å². The quantitative estimate of drug-likeness (QED) is 0.492. The third-order valence-corrected chi connectivity index (χ3v) is 1.17. The van der Waals surface area contributed by atoms with E-state index in [0.29, 0.717) is 6.08 Å². The van der Waals surface area contributed by atoms with Gasteiger partial charge >= 0.3 is 0 Å². The third-order valence-electron chi connectivity index (χ3n) is 1.17. The SMILES string of the molecule is C=C1C=C(F)C(F)C=C1F. The van der Waals surface area contributed by atoms with Crippen molar-refractivity contribution in [1.29, 1.82) is 0 Å². The zero-order valence-corrected chi connectivity index (χ0v) is 5.07. The smallest absolute Gasteiger partial charge is 0.173 e. The van der Waals surface area contributed by atoms with Gasteiger partial charge in [0.2, 0.25) is 0 Å². The first-order chi connectivity index (χ1) is 4.61. The van der Waals surface area contributed by atoms with Gasteiger partial charge in [-0.3, -0.25) is 0 Å². The van der Waals surface area contributed by atoms with Gasteiger partial charge in [-0.25, -0.2) is 13.2 Å². The van der Waals surface area contributed by atoms with Gasteiger partial charge in [0, 0.05) is 5.57 Å². The molecule has 0 spiro atoms. The van der Waals surface area contributed by atoms with Crippen LogP contribution in [0, 0.1) is 0 Å². The van der Waals surface area contributed by atoms with E-state index in [2.05, 4.69) is 6.58 Å². The van der Waals surface area contributed by atoms with E-state index in [1.165, 1.54) is 0 Å². The molecule has 1 atom stereocenters. The number of hydrogen-bond acceptors (Lipinski definition) is 0. The van der Waals surface area contributed by atoms with Crippen molar-refractivity contribution >= 4 is 0 Å². The highest BCUT2D eigenvalue weighted by Crippen LogP contribution is 2.24. The summed E-state index contributed by atoms with van der Waals surface area (Å²) >= 11 is 0. The van der Waals surface area contributed by atoms with E-state index in [1.807, 2.05) is 0 Å². The van der Waals surface area contributed by atoms with E-state index in [4.69, 9.17) is 0 Å². The van der Waals surface area contributed by atoms with Gasteiger partial charge in [-0.1, -0.05) is 6.58 Å². The molecule has 1 aliphatic carbocycles. The molecule has 0 saturated carbocycles. The molecule has 0 nitrogen and oxygen atoms in total. The Morgan fingerprint density at radius 3 is 2.50 bits per heavy atom. The molecule has 0 bridgehead atoms. The largest absolute Gasteiger partial charge is 0.235 e. The van der Waals surface area contributed by atoms with Gasteiger partial charge in [-0.2, -0.15) is 0 Å². The molecule has 0 N–H and O–H groups in total. The Labute approximate surface area is 56.4 Å². The number of allylic oxidation sites excluding steroid dienone is 5. The highest BCUT2D eigenvalue weighted by atomic mass is 19.2. The van der Waals surface area contributed by atoms with Gasteiger partial charge in [0.05, 0.1) is 0 Å². The fourth-order valence-electron chi connectivity index (χ4n) is 0.630. The summed E-state index contributed by atoms with van der Waals surface area (Å²) in [7, 11) is 0. The molecular formula is C7H5F3. The summed E-state index contributed by atoms with van der Waals surface area (Å²) in [6, 6.07) is 0. The molecule has 0 heterocycles.